The standard InChI is InChI=1S/C29H24N6O2S/c1-2-3-17-37-24-11-9-20(10-12-24)26-22(19-34(32-26)23-7-5-4-6-8-23)18-25-28(36)35-29(38-25)31-27(33-35)21-13-15-30-16-14-21/h4-16,18-19H,2-3,17H2,1H3/b25-18-. The van der Waals surface area contributed by atoms with Crippen LogP contribution in [0.25, 0.3) is 39.4 Å². The minimum atomic E-state index is -0.212. The zero-order chi connectivity index (χ0) is 25.9. The average molecular weight is 521 g/mol. The third kappa shape index (κ3) is 4.71. The van der Waals surface area contributed by atoms with E-state index in [9.17, 15) is 4.79 Å². The van der Waals surface area contributed by atoms with Gasteiger partial charge in [0.25, 0.3) is 5.56 Å². The summed E-state index contributed by atoms with van der Waals surface area (Å²) in [7, 11) is 0. The molecule has 0 N–H and O–H groups in total. The summed E-state index contributed by atoms with van der Waals surface area (Å²) in [6.07, 6.45) is 9.26. The zero-order valence-corrected chi connectivity index (χ0v) is 21.5. The first-order valence-corrected chi connectivity index (χ1v) is 13.2. The molecular weight excluding hydrogens is 496 g/mol. The molecule has 0 unspecified atom stereocenters. The molecule has 0 atom stereocenters. The van der Waals surface area contributed by atoms with Crippen LogP contribution in [0.1, 0.15) is 25.3 Å². The van der Waals surface area contributed by atoms with Crippen molar-refractivity contribution in [1.29, 1.82) is 0 Å². The number of thiazole rings is 1. The maximum absolute atomic E-state index is 13.3. The van der Waals surface area contributed by atoms with E-state index in [1.165, 1.54) is 15.9 Å². The quantitative estimate of drug-likeness (QED) is 0.268. The maximum Gasteiger partial charge on any atom is 0.291 e. The summed E-state index contributed by atoms with van der Waals surface area (Å²) in [5.74, 6) is 1.33. The van der Waals surface area contributed by atoms with E-state index in [0.29, 0.717) is 21.9 Å². The van der Waals surface area contributed by atoms with E-state index in [2.05, 4.69) is 22.0 Å². The number of para-hydroxylation sites is 1. The van der Waals surface area contributed by atoms with Crippen molar-refractivity contribution < 1.29 is 4.74 Å². The van der Waals surface area contributed by atoms with Gasteiger partial charge in [-0.25, -0.2) is 4.68 Å². The smallest absolute Gasteiger partial charge is 0.291 e. The number of unbranched alkanes of at least 4 members (excludes halogenated alkanes) is 1. The van der Waals surface area contributed by atoms with Crippen molar-refractivity contribution in [2.24, 2.45) is 0 Å². The highest BCUT2D eigenvalue weighted by atomic mass is 32.1. The Morgan fingerprint density at radius 3 is 2.47 bits per heavy atom. The van der Waals surface area contributed by atoms with Crippen molar-refractivity contribution in [3.63, 3.8) is 0 Å². The fourth-order valence-corrected chi connectivity index (χ4v) is 4.97. The number of ether oxygens (including phenoxy) is 1. The molecule has 0 saturated heterocycles. The summed E-state index contributed by atoms with van der Waals surface area (Å²) in [6.45, 7) is 2.84. The van der Waals surface area contributed by atoms with Crippen molar-refractivity contribution in [1.82, 2.24) is 29.4 Å². The maximum atomic E-state index is 13.3. The van der Waals surface area contributed by atoms with Gasteiger partial charge >= 0.3 is 0 Å². The molecule has 0 bridgehead atoms. The third-order valence-corrected chi connectivity index (χ3v) is 7.02. The van der Waals surface area contributed by atoms with E-state index in [-0.39, 0.29) is 5.56 Å². The first kappa shape index (κ1) is 23.7. The second-order valence-electron chi connectivity index (χ2n) is 8.72. The van der Waals surface area contributed by atoms with Gasteiger partial charge in [0.05, 0.1) is 16.8 Å². The van der Waals surface area contributed by atoms with Gasteiger partial charge in [0.1, 0.15) is 11.4 Å². The number of benzene rings is 2. The minimum Gasteiger partial charge on any atom is -0.494 e. The first-order chi connectivity index (χ1) is 18.7. The molecule has 0 aliphatic heterocycles. The van der Waals surface area contributed by atoms with Crippen LogP contribution in [-0.2, 0) is 0 Å². The fourth-order valence-electron chi connectivity index (χ4n) is 4.07. The molecule has 9 heteroatoms. The summed E-state index contributed by atoms with van der Waals surface area (Å²) in [4.78, 5) is 22.4. The van der Waals surface area contributed by atoms with E-state index in [4.69, 9.17) is 9.84 Å². The number of fused-ring (bicyclic) bond motifs is 1. The van der Waals surface area contributed by atoms with Crippen LogP contribution in [0.5, 0.6) is 5.75 Å². The Bertz CT molecular complexity index is 1790. The van der Waals surface area contributed by atoms with Gasteiger partial charge in [-0.2, -0.15) is 14.6 Å². The molecular formula is C29H24N6O2S. The predicted molar refractivity (Wildman–Crippen MR) is 149 cm³/mol. The molecule has 0 fully saturated rings. The minimum absolute atomic E-state index is 0.212. The summed E-state index contributed by atoms with van der Waals surface area (Å²) in [6, 6.07) is 21.5. The Morgan fingerprint density at radius 2 is 1.74 bits per heavy atom. The van der Waals surface area contributed by atoms with Crippen molar-refractivity contribution in [2.45, 2.75) is 19.8 Å². The molecule has 4 aromatic heterocycles. The highest BCUT2D eigenvalue weighted by Crippen LogP contribution is 2.27. The topological polar surface area (TPSA) is 87.2 Å². The van der Waals surface area contributed by atoms with Gasteiger partial charge in [-0.05, 0) is 61.0 Å². The Hall–Kier alpha value is -4.63. The second-order valence-corrected chi connectivity index (χ2v) is 9.73. The molecule has 8 nitrogen and oxygen atoms in total. The van der Waals surface area contributed by atoms with E-state index < -0.39 is 0 Å². The molecule has 188 valence electrons. The van der Waals surface area contributed by atoms with Crippen LogP contribution in [0.3, 0.4) is 0 Å². The summed E-state index contributed by atoms with van der Waals surface area (Å²) in [5, 5.41) is 9.32. The largest absolute Gasteiger partial charge is 0.494 e. The van der Waals surface area contributed by atoms with Crippen LogP contribution in [0.15, 0.2) is 90.1 Å². The number of pyridine rings is 1. The SMILES string of the molecule is CCCCOc1ccc(-c2nn(-c3ccccc3)cc2/C=c2\sc3nc(-c4ccncc4)nn3c2=O)cc1. The molecule has 0 spiro atoms. The van der Waals surface area contributed by atoms with E-state index >= 15 is 0 Å². The lowest BCUT2D eigenvalue weighted by Gasteiger charge is -2.06. The lowest BCUT2D eigenvalue weighted by Crippen LogP contribution is -2.23. The summed E-state index contributed by atoms with van der Waals surface area (Å²) < 4.78 is 9.55. The predicted octanol–water partition coefficient (Wildman–Crippen LogP) is 4.79. The fraction of sp³-hybridized carbons (Fsp3) is 0.138. The monoisotopic (exact) mass is 520 g/mol. The first-order valence-electron chi connectivity index (χ1n) is 12.4. The summed E-state index contributed by atoms with van der Waals surface area (Å²) in [5.41, 5.74) is 4.06. The van der Waals surface area contributed by atoms with Gasteiger partial charge < -0.3 is 4.74 Å². The number of aromatic nitrogens is 6. The Balaban J connectivity index is 1.41. The Kier molecular flexibility index (Phi) is 6.49. The molecule has 0 aliphatic rings. The van der Waals surface area contributed by atoms with E-state index in [0.717, 1.165) is 46.7 Å². The Morgan fingerprint density at radius 1 is 0.947 bits per heavy atom. The molecule has 0 aliphatic carbocycles. The van der Waals surface area contributed by atoms with E-state index in [1.807, 2.05) is 83.7 Å². The second kappa shape index (κ2) is 10.4. The van der Waals surface area contributed by atoms with Crippen LogP contribution in [0, 0.1) is 0 Å². The molecule has 0 saturated carbocycles. The lowest BCUT2D eigenvalue weighted by molar-refractivity contribution is 0.309. The number of nitrogens with zero attached hydrogens (tertiary/aromatic N) is 6. The lowest BCUT2D eigenvalue weighted by atomic mass is 10.1. The highest BCUT2D eigenvalue weighted by Gasteiger charge is 2.15. The molecule has 2 aromatic carbocycles. The number of rotatable bonds is 8. The average Bonchev–Trinajstić information content (AvgIpc) is 3.65. The van der Waals surface area contributed by atoms with Crippen LogP contribution < -0.4 is 14.8 Å². The molecule has 4 heterocycles. The van der Waals surface area contributed by atoms with Gasteiger partial charge in [0.15, 0.2) is 5.82 Å². The van der Waals surface area contributed by atoms with Gasteiger partial charge in [0.2, 0.25) is 4.96 Å². The molecule has 6 aromatic rings. The highest BCUT2D eigenvalue weighted by molar-refractivity contribution is 7.15. The van der Waals surface area contributed by atoms with Gasteiger partial charge in [0, 0.05) is 35.3 Å². The van der Waals surface area contributed by atoms with Crippen LogP contribution >= 0.6 is 11.3 Å². The van der Waals surface area contributed by atoms with Crippen molar-refractivity contribution in [2.75, 3.05) is 6.61 Å². The number of hydrogen-bond donors (Lipinski definition) is 0. The zero-order valence-electron chi connectivity index (χ0n) is 20.7. The third-order valence-electron chi connectivity index (χ3n) is 6.06. The molecule has 0 radical (unpaired) electrons. The van der Waals surface area contributed by atoms with E-state index in [1.54, 1.807) is 12.4 Å². The van der Waals surface area contributed by atoms with Gasteiger partial charge in [-0.3, -0.25) is 9.78 Å². The van der Waals surface area contributed by atoms with Crippen LogP contribution in [0.2, 0.25) is 0 Å². The molecule has 0 amide bonds. The van der Waals surface area contributed by atoms with Crippen LogP contribution in [-0.4, -0.2) is 36.0 Å². The van der Waals surface area contributed by atoms with Gasteiger partial charge in [-0.15, -0.1) is 5.10 Å². The van der Waals surface area contributed by atoms with Crippen molar-refractivity contribution >= 4 is 22.4 Å². The van der Waals surface area contributed by atoms with Crippen molar-refractivity contribution in [3.8, 4) is 34.1 Å². The van der Waals surface area contributed by atoms with Crippen LogP contribution in [0.4, 0.5) is 0 Å². The normalized spacial score (nSPS) is 11.9. The molecule has 38 heavy (non-hydrogen) atoms. The van der Waals surface area contributed by atoms with Crippen molar-refractivity contribution in [3.05, 3.63) is 106 Å². The summed E-state index contributed by atoms with van der Waals surface area (Å²) >= 11 is 1.31. The molecule has 6 rings (SSSR count). The van der Waals surface area contributed by atoms with Gasteiger partial charge in [-0.1, -0.05) is 42.9 Å². The number of hydrogen-bond acceptors (Lipinski definition) is 7. The Labute approximate surface area is 222 Å².